The highest BCUT2D eigenvalue weighted by Crippen LogP contribution is 2.51. The zero-order valence-corrected chi connectivity index (χ0v) is 76.4. The summed E-state index contributed by atoms with van der Waals surface area (Å²) in [6, 6.07) is 155. The molecule has 0 fully saturated rings. The summed E-state index contributed by atoms with van der Waals surface area (Å²) in [6.07, 6.45) is 0. The van der Waals surface area contributed by atoms with E-state index in [0.29, 0.717) is 28.6 Å². The first-order valence-electron chi connectivity index (χ1n) is 46.3. The molecule has 1 aliphatic rings. The largest absolute Gasteiger partial charge is 0.456 e. The minimum Gasteiger partial charge on any atom is -0.456 e. The number of thiophene rings is 2. The number of benzene rings is 18. The van der Waals surface area contributed by atoms with Crippen LogP contribution in [0.2, 0.25) is 0 Å². The second kappa shape index (κ2) is 36.1. The Morgan fingerprint density at radius 2 is 0.730 bits per heavy atom. The molecular weight excluding hydrogens is 1760 g/mol. The van der Waals surface area contributed by atoms with Gasteiger partial charge in [-0.1, -0.05) is 364 Å². The van der Waals surface area contributed by atoms with Gasteiger partial charge in [0.2, 0.25) is 0 Å². The first-order valence-corrected chi connectivity index (χ1v) is 47.9. The average molecular weight is 1850 g/mol. The Balaban J connectivity index is 0.000000117. The molecule has 672 valence electrons. The first kappa shape index (κ1) is 87.4. The van der Waals surface area contributed by atoms with Crippen molar-refractivity contribution in [2.75, 3.05) is 0 Å². The van der Waals surface area contributed by atoms with Crippen molar-refractivity contribution in [2.24, 2.45) is 0 Å². The number of furan rings is 2. The predicted octanol–water partition coefficient (Wildman–Crippen LogP) is 35.6. The molecule has 9 aromatic heterocycles. The Kier molecular flexibility index (Phi) is 22.4. The smallest absolute Gasteiger partial charge is 0.182 e. The number of pyridine rings is 1. The minimum absolute atomic E-state index is 0. The fourth-order valence-corrected chi connectivity index (χ4v) is 22.5. The van der Waals surface area contributed by atoms with Crippen LogP contribution in [0.4, 0.5) is 0 Å². The van der Waals surface area contributed by atoms with Crippen molar-refractivity contribution >= 4 is 140 Å². The lowest BCUT2D eigenvalue weighted by molar-refractivity contribution is 0.660. The van der Waals surface area contributed by atoms with Crippen molar-refractivity contribution in [3.8, 4) is 141 Å². The van der Waals surface area contributed by atoms with Gasteiger partial charge in [-0.25, -0.2) is 29.9 Å². The zero-order chi connectivity index (χ0) is 91.5. The van der Waals surface area contributed by atoms with Crippen LogP contribution in [0.3, 0.4) is 0 Å². The highest BCUT2D eigenvalue weighted by atomic mass is 32.1. The lowest BCUT2D eigenvalue weighted by Crippen LogP contribution is -2.14. The molecule has 0 N–H and O–H groups in total. The highest BCUT2D eigenvalue weighted by molar-refractivity contribution is 7.26. The number of para-hydroxylation sites is 4. The summed E-state index contributed by atoms with van der Waals surface area (Å²) in [5.74, 6) is 1.96. The molecule has 1 aliphatic carbocycles. The lowest BCUT2D eigenvalue weighted by atomic mass is 9.81. The Morgan fingerprint density at radius 3 is 1.43 bits per heavy atom. The zero-order valence-electron chi connectivity index (χ0n) is 74.8. The summed E-state index contributed by atoms with van der Waals surface area (Å²) in [5.41, 5.74) is 34.1. The van der Waals surface area contributed by atoms with Crippen LogP contribution in [0.15, 0.2) is 452 Å². The summed E-state index contributed by atoms with van der Waals surface area (Å²) in [5, 5.41) is 19.7. The fourth-order valence-electron chi connectivity index (χ4n) is 20.1. The molecule has 0 aliphatic heterocycles. The van der Waals surface area contributed by atoms with Crippen LogP contribution < -0.4 is 0 Å². The summed E-state index contributed by atoms with van der Waals surface area (Å²) >= 11 is 3.63. The Hall–Kier alpha value is -17.6. The maximum absolute atomic E-state index is 6.30. The molecule has 0 saturated carbocycles. The van der Waals surface area contributed by atoms with Crippen molar-refractivity contribution in [2.45, 2.75) is 41.5 Å². The fraction of sp³-hybridized carbons (Fsp3) is 0.0469. The Labute approximate surface area is 823 Å². The summed E-state index contributed by atoms with van der Waals surface area (Å²) in [7, 11) is 0. The van der Waals surface area contributed by atoms with E-state index in [0.717, 1.165) is 155 Å². The van der Waals surface area contributed by atoms with Crippen molar-refractivity contribution in [1.82, 2.24) is 44.7 Å². The van der Waals surface area contributed by atoms with E-state index in [4.69, 9.17) is 43.8 Å². The van der Waals surface area contributed by atoms with Gasteiger partial charge in [0.15, 0.2) is 23.1 Å². The normalized spacial score (nSPS) is 11.9. The standard InChI is InChI=1S/C43H30N2S.C42H25N5O.C40H24N2OS.3CH4/c1-43(2)36-20-8-6-18-33(36)34-23-22-31(26-37(34)43)29-15-10-14-28(24-29)30-16-11-17-32(25-30)42-44-39(27-12-4-3-5-13-27)41-40(45-42)35-19-7-9-21-38(35)46-41;1-2-11-27(12-3-1)40-41(35-23-20-26-10-4-7-15-34(26)43-35)44-42(46-45-40)28-18-21-29(22-19-28)47-36-16-8-5-13-30(36)32-25-39-33(24-37(32)47)31-14-6-9-17-38(31)48-39;1-2-11-25(12-3-1)36-38-37(33-18-4-6-21-34(33)43-38)42-40(41-36)29-16-9-14-27(24-29)26-13-8-15-28(23-26)30-19-10-20-32-31-17-5-7-22-35(31)44-39(30)32;;;/h3-26H,1-2H3;1-25H;1-24H;3*1H4. The first-order chi connectivity index (χ1) is 68.1. The van der Waals surface area contributed by atoms with E-state index in [1.54, 1.807) is 11.3 Å². The van der Waals surface area contributed by atoms with Crippen LogP contribution in [0.5, 0.6) is 0 Å². The van der Waals surface area contributed by atoms with Crippen LogP contribution in [0, 0.1) is 0 Å². The molecule has 0 radical (unpaired) electrons. The van der Waals surface area contributed by atoms with Crippen molar-refractivity contribution in [3.05, 3.63) is 454 Å². The number of aromatic nitrogens is 9. The number of fused-ring (bicyclic) bond motifs is 19. The minimum atomic E-state index is -0.0264. The van der Waals surface area contributed by atoms with E-state index in [9.17, 15) is 0 Å². The van der Waals surface area contributed by atoms with Crippen molar-refractivity contribution in [1.29, 1.82) is 0 Å². The number of nitrogens with zero attached hydrogens (tertiary/aromatic N) is 9. The van der Waals surface area contributed by atoms with Crippen LogP contribution in [0.25, 0.3) is 258 Å². The second-order valence-electron chi connectivity index (χ2n) is 35.6. The third kappa shape index (κ3) is 15.5. The van der Waals surface area contributed by atoms with Gasteiger partial charge in [-0.3, -0.25) is 0 Å². The van der Waals surface area contributed by atoms with Crippen LogP contribution in [0.1, 0.15) is 47.3 Å². The quantitative estimate of drug-likeness (QED) is 0.116. The molecule has 141 heavy (non-hydrogen) atoms. The monoisotopic (exact) mass is 1850 g/mol. The number of rotatable bonds is 12. The molecule has 27 aromatic rings. The van der Waals surface area contributed by atoms with Gasteiger partial charge < -0.3 is 13.4 Å². The van der Waals surface area contributed by atoms with E-state index in [1.165, 1.54) is 85.7 Å². The Bertz CT molecular complexity index is 9530. The molecule has 28 rings (SSSR count). The molecule has 18 aromatic carbocycles. The van der Waals surface area contributed by atoms with Crippen molar-refractivity contribution in [3.63, 3.8) is 0 Å². The molecule has 0 spiro atoms. The molecule has 0 unspecified atom stereocenters. The van der Waals surface area contributed by atoms with Crippen LogP contribution in [-0.2, 0) is 5.41 Å². The van der Waals surface area contributed by atoms with Gasteiger partial charge in [0, 0.05) is 107 Å². The number of hydrogen-bond acceptors (Lipinski definition) is 12. The molecule has 9 heterocycles. The van der Waals surface area contributed by atoms with Gasteiger partial charge in [0.05, 0.1) is 38.2 Å². The average Bonchev–Trinajstić information content (AvgIpc) is 1.07. The van der Waals surface area contributed by atoms with Crippen molar-refractivity contribution < 1.29 is 8.83 Å². The SMILES string of the molecule is C.C.C.CC1(C)c2ccccc2-c2ccc(-c3cccc(-c4cccc(-c5nc(-c6ccccc6)c6sc7ccccc7c6n5)c4)c3)cc21.c1ccc(-c2nc(-c3cccc(-c4cccc(-c5cccc6c5sc5ccccc56)c4)c3)nc3c2oc2ccccc23)cc1.c1ccc(-c2nnc(-c3ccc(-n4c5ccccc5c5cc6oc7ccccc7c6cc54)cc3)nc2-c2ccc3ccccc3n2)cc1. The van der Waals surface area contributed by atoms with E-state index in [1.807, 2.05) is 121 Å². The molecular formula is C128H91N9O2S2. The molecule has 13 heteroatoms. The van der Waals surface area contributed by atoms with Gasteiger partial charge in [0.25, 0.3) is 0 Å². The van der Waals surface area contributed by atoms with Gasteiger partial charge >= 0.3 is 0 Å². The highest BCUT2D eigenvalue weighted by Gasteiger charge is 2.36. The number of hydrogen-bond donors (Lipinski definition) is 0. The third-order valence-corrected chi connectivity index (χ3v) is 29.3. The van der Waals surface area contributed by atoms with E-state index >= 15 is 0 Å². The Morgan fingerprint density at radius 1 is 0.248 bits per heavy atom. The van der Waals surface area contributed by atoms with E-state index in [2.05, 4.69) is 357 Å². The molecule has 0 saturated heterocycles. The van der Waals surface area contributed by atoms with Gasteiger partial charge in [-0.05, 0) is 182 Å². The van der Waals surface area contributed by atoms with Gasteiger partial charge in [-0.2, -0.15) is 0 Å². The predicted molar refractivity (Wildman–Crippen MR) is 591 cm³/mol. The maximum atomic E-state index is 6.30. The topological polar surface area (TPSA) is 134 Å². The second-order valence-corrected chi connectivity index (χ2v) is 37.7. The van der Waals surface area contributed by atoms with Crippen LogP contribution in [-0.4, -0.2) is 44.7 Å². The van der Waals surface area contributed by atoms with Gasteiger partial charge in [-0.15, -0.1) is 32.9 Å². The summed E-state index contributed by atoms with van der Waals surface area (Å²) < 4.78 is 19.9. The molecule has 0 bridgehead atoms. The van der Waals surface area contributed by atoms with E-state index < -0.39 is 0 Å². The van der Waals surface area contributed by atoms with Crippen LogP contribution >= 0.6 is 22.7 Å². The van der Waals surface area contributed by atoms with E-state index in [-0.39, 0.29) is 27.7 Å². The molecule has 0 amide bonds. The molecule has 11 nitrogen and oxygen atoms in total. The third-order valence-electron chi connectivity index (χ3n) is 26.9. The molecule has 0 atom stereocenters. The van der Waals surface area contributed by atoms with Gasteiger partial charge in [0.1, 0.15) is 39.3 Å². The maximum Gasteiger partial charge on any atom is 0.182 e. The lowest BCUT2D eigenvalue weighted by Gasteiger charge is -2.22. The summed E-state index contributed by atoms with van der Waals surface area (Å²) in [6.45, 7) is 4.68. The summed E-state index contributed by atoms with van der Waals surface area (Å²) in [4.78, 5) is 30.6.